The van der Waals surface area contributed by atoms with Crippen LogP contribution in [0.15, 0.2) is 29.3 Å². The first kappa shape index (κ1) is 20.5. The van der Waals surface area contributed by atoms with Crippen molar-refractivity contribution in [1.82, 2.24) is 10.2 Å². The highest BCUT2D eigenvalue weighted by molar-refractivity contribution is 14.0. The molecule has 0 bridgehead atoms. The zero-order chi connectivity index (χ0) is 15.8. The first-order chi connectivity index (χ1) is 10.7. The molecule has 23 heavy (non-hydrogen) atoms. The van der Waals surface area contributed by atoms with Crippen LogP contribution in [0.1, 0.15) is 24.8 Å². The lowest BCUT2D eigenvalue weighted by Crippen LogP contribution is -2.39. The fourth-order valence-corrected chi connectivity index (χ4v) is 2.92. The molecule has 1 aliphatic heterocycles. The van der Waals surface area contributed by atoms with Crippen molar-refractivity contribution in [3.8, 4) is 0 Å². The van der Waals surface area contributed by atoms with Gasteiger partial charge in [-0.3, -0.25) is 4.99 Å². The Morgan fingerprint density at radius 1 is 1.35 bits per heavy atom. The third-order valence-corrected chi connectivity index (χ3v) is 4.55. The molecule has 1 fully saturated rings. The summed E-state index contributed by atoms with van der Waals surface area (Å²) in [6, 6.07) is 7.89. The summed E-state index contributed by atoms with van der Waals surface area (Å²) in [7, 11) is 3.90. The van der Waals surface area contributed by atoms with Crippen molar-refractivity contribution < 1.29 is 4.74 Å². The van der Waals surface area contributed by atoms with E-state index in [1.165, 1.54) is 19.3 Å². The molecule has 1 aromatic carbocycles. The Morgan fingerprint density at radius 3 is 2.70 bits per heavy atom. The molecule has 0 saturated carbocycles. The van der Waals surface area contributed by atoms with Crippen molar-refractivity contribution in [2.24, 2.45) is 10.9 Å². The second-order valence-electron chi connectivity index (χ2n) is 5.76. The highest BCUT2D eigenvalue weighted by Gasteiger charge is 2.15. The van der Waals surface area contributed by atoms with Gasteiger partial charge in [0.1, 0.15) is 0 Å². The van der Waals surface area contributed by atoms with E-state index in [0.29, 0.717) is 6.54 Å². The molecule has 0 unspecified atom stereocenters. The van der Waals surface area contributed by atoms with Gasteiger partial charge in [0, 0.05) is 45.4 Å². The quantitative estimate of drug-likeness (QED) is 0.420. The summed E-state index contributed by atoms with van der Waals surface area (Å²) in [4.78, 5) is 6.55. The van der Waals surface area contributed by atoms with Gasteiger partial charge in [0.15, 0.2) is 5.96 Å². The highest BCUT2D eigenvalue weighted by Crippen LogP contribution is 2.18. The van der Waals surface area contributed by atoms with Crippen molar-refractivity contribution >= 4 is 41.5 Å². The molecule has 130 valence electrons. The number of hydrogen-bond acceptors (Lipinski definition) is 2. The maximum atomic E-state index is 6.19. The summed E-state index contributed by atoms with van der Waals surface area (Å²) in [6.45, 7) is 3.52. The molecule has 1 aliphatic rings. The smallest absolute Gasteiger partial charge is 0.193 e. The number of aliphatic imine (C=N–C) groups is 1. The Morgan fingerprint density at radius 2 is 2.04 bits per heavy atom. The fraction of sp³-hybridized carbons (Fsp3) is 0.588. The van der Waals surface area contributed by atoms with Crippen molar-refractivity contribution in [3.05, 3.63) is 34.9 Å². The van der Waals surface area contributed by atoms with E-state index in [1.807, 2.05) is 31.3 Å². The second kappa shape index (κ2) is 11.1. The Bertz CT molecular complexity index is 492. The summed E-state index contributed by atoms with van der Waals surface area (Å²) in [5.41, 5.74) is 1.09. The summed E-state index contributed by atoms with van der Waals surface area (Å²) in [5, 5.41) is 4.17. The van der Waals surface area contributed by atoms with E-state index in [-0.39, 0.29) is 24.0 Å². The number of benzene rings is 1. The van der Waals surface area contributed by atoms with Crippen LogP contribution < -0.4 is 5.32 Å². The molecule has 0 aliphatic carbocycles. The molecule has 6 heteroatoms. The van der Waals surface area contributed by atoms with Crippen LogP contribution in [0.3, 0.4) is 0 Å². The van der Waals surface area contributed by atoms with E-state index >= 15 is 0 Å². The summed E-state index contributed by atoms with van der Waals surface area (Å²) >= 11 is 6.19. The molecule has 0 spiro atoms. The number of ether oxygens (including phenoxy) is 1. The Labute approximate surface area is 161 Å². The van der Waals surface area contributed by atoms with Crippen LogP contribution in [-0.2, 0) is 11.3 Å². The van der Waals surface area contributed by atoms with Gasteiger partial charge in [-0.2, -0.15) is 0 Å². The first-order valence-corrected chi connectivity index (χ1v) is 8.31. The van der Waals surface area contributed by atoms with Crippen LogP contribution >= 0.6 is 35.6 Å². The number of guanidine groups is 1. The van der Waals surface area contributed by atoms with Crippen molar-refractivity contribution in [2.45, 2.75) is 25.8 Å². The lowest BCUT2D eigenvalue weighted by atomic mass is 9.96. The van der Waals surface area contributed by atoms with Gasteiger partial charge in [-0.05, 0) is 36.8 Å². The average molecular weight is 452 g/mol. The molecule has 2 rings (SSSR count). The fourth-order valence-electron chi connectivity index (χ4n) is 2.72. The first-order valence-electron chi connectivity index (χ1n) is 7.93. The average Bonchev–Trinajstić information content (AvgIpc) is 2.56. The maximum Gasteiger partial charge on any atom is 0.193 e. The maximum absolute atomic E-state index is 6.19. The van der Waals surface area contributed by atoms with Crippen LogP contribution in [0.4, 0.5) is 0 Å². The molecule has 0 radical (unpaired) electrons. The Kier molecular flexibility index (Phi) is 9.90. The normalized spacial score (nSPS) is 15.9. The van der Waals surface area contributed by atoms with Gasteiger partial charge in [0.25, 0.3) is 0 Å². The monoisotopic (exact) mass is 451 g/mol. The van der Waals surface area contributed by atoms with Crippen molar-refractivity contribution in [3.63, 3.8) is 0 Å². The lowest BCUT2D eigenvalue weighted by molar-refractivity contribution is 0.0625. The topological polar surface area (TPSA) is 36.9 Å². The van der Waals surface area contributed by atoms with Crippen LogP contribution in [-0.4, -0.2) is 44.7 Å². The minimum absolute atomic E-state index is 0. The van der Waals surface area contributed by atoms with Crippen LogP contribution in [0, 0.1) is 5.92 Å². The van der Waals surface area contributed by atoms with Gasteiger partial charge in [0.05, 0.1) is 0 Å². The summed E-state index contributed by atoms with van der Waals surface area (Å²) in [6.07, 6.45) is 3.55. The molecule has 1 N–H and O–H groups in total. The molecule has 1 heterocycles. The Hall–Kier alpha value is -0.530. The summed E-state index contributed by atoms with van der Waals surface area (Å²) < 4.78 is 5.41. The molecule has 1 aromatic rings. The summed E-state index contributed by atoms with van der Waals surface area (Å²) in [5.74, 6) is 1.69. The van der Waals surface area contributed by atoms with Crippen LogP contribution in [0.2, 0.25) is 5.02 Å². The van der Waals surface area contributed by atoms with E-state index in [1.54, 1.807) is 0 Å². The molecular formula is C17H27ClIN3O. The molecule has 0 atom stereocenters. The van der Waals surface area contributed by atoms with Crippen LogP contribution in [0.25, 0.3) is 0 Å². The predicted molar refractivity (Wildman–Crippen MR) is 108 cm³/mol. The molecular weight excluding hydrogens is 425 g/mol. The molecule has 0 aromatic heterocycles. The lowest BCUT2D eigenvalue weighted by Gasteiger charge is -2.27. The number of nitrogens with one attached hydrogen (secondary N) is 1. The van der Waals surface area contributed by atoms with E-state index in [9.17, 15) is 0 Å². The minimum Gasteiger partial charge on any atom is -0.381 e. The third kappa shape index (κ3) is 6.85. The highest BCUT2D eigenvalue weighted by atomic mass is 127. The van der Waals surface area contributed by atoms with Gasteiger partial charge in [0.2, 0.25) is 0 Å². The van der Waals surface area contributed by atoms with Crippen molar-refractivity contribution in [1.29, 1.82) is 0 Å². The van der Waals surface area contributed by atoms with Crippen LogP contribution in [0.5, 0.6) is 0 Å². The van der Waals surface area contributed by atoms with Gasteiger partial charge in [-0.25, -0.2) is 0 Å². The number of hydrogen-bond donors (Lipinski definition) is 1. The van der Waals surface area contributed by atoms with Gasteiger partial charge in [-0.15, -0.1) is 24.0 Å². The zero-order valence-electron chi connectivity index (χ0n) is 13.9. The van der Waals surface area contributed by atoms with Crippen molar-refractivity contribution in [2.75, 3.05) is 33.9 Å². The standard InChI is InChI=1S/C17H26ClN3O.HI/c1-19-17(20-13-15-5-3-4-6-16(15)18)21(2)10-7-14-8-11-22-12-9-14;/h3-6,14H,7-13H2,1-2H3,(H,19,20);1H. The van der Waals surface area contributed by atoms with E-state index in [0.717, 1.165) is 42.2 Å². The zero-order valence-corrected chi connectivity index (χ0v) is 17.0. The Balaban J connectivity index is 0.00000264. The van der Waals surface area contributed by atoms with E-state index in [4.69, 9.17) is 16.3 Å². The van der Waals surface area contributed by atoms with Gasteiger partial charge >= 0.3 is 0 Å². The number of halogens is 2. The van der Waals surface area contributed by atoms with Gasteiger partial charge < -0.3 is 15.0 Å². The molecule has 1 saturated heterocycles. The predicted octanol–water partition coefficient (Wildman–Crippen LogP) is 3.78. The van der Waals surface area contributed by atoms with E-state index in [2.05, 4.69) is 22.3 Å². The van der Waals surface area contributed by atoms with E-state index < -0.39 is 0 Å². The SMILES string of the molecule is CN=C(NCc1ccccc1Cl)N(C)CCC1CCOCC1.I. The van der Waals surface area contributed by atoms with Gasteiger partial charge in [-0.1, -0.05) is 29.8 Å². The number of rotatable bonds is 5. The molecule has 4 nitrogen and oxygen atoms in total. The largest absolute Gasteiger partial charge is 0.381 e. The second-order valence-corrected chi connectivity index (χ2v) is 6.17. The molecule has 0 amide bonds. The minimum atomic E-state index is 0. The number of nitrogens with zero attached hydrogens (tertiary/aromatic N) is 2. The third-order valence-electron chi connectivity index (χ3n) is 4.18.